The van der Waals surface area contributed by atoms with Crippen molar-refractivity contribution in [1.82, 2.24) is 4.90 Å². The topological polar surface area (TPSA) is 81.9 Å². The molecule has 0 radical (unpaired) electrons. The average molecular weight is 264 g/mol. The van der Waals surface area contributed by atoms with Crippen LogP contribution in [0.4, 0.5) is 5.69 Å². The Labute approximate surface area is 111 Å². The smallest absolute Gasteiger partial charge is 0.336 e. The third-order valence-corrected chi connectivity index (χ3v) is 2.98. The van der Waals surface area contributed by atoms with Crippen LogP contribution in [0.2, 0.25) is 0 Å². The highest BCUT2D eigenvalue weighted by Gasteiger charge is 2.30. The number of morpholine rings is 1. The number of nitrogens with two attached hydrogens (primary N) is 1. The van der Waals surface area contributed by atoms with Gasteiger partial charge in [0, 0.05) is 17.8 Å². The van der Waals surface area contributed by atoms with Crippen molar-refractivity contribution in [3.8, 4) is 0 Å². The van der Waals surface area contributed by atoms with Gasteiger partial charge in [-0.2, -0.15) is 0 Å². The molecular weight excluding hydrogens is 248 g/mol. The number of ether oxygens (including phenoxy) is 2. The molecule has 1 aliphatic rings. The maximum absolute atomic E-state index is 12.2. The largest absolute Gasteiger partial charge is 0.467 e. The highest BCUT2D eigenvalue weighted by Crippen LogP contribution is 2.13. The van der Waals surface area contributed by atoms with Gasteiger partial charge in [-0.1, -0.05) is 0 Å². The number of hydrogen-bond donors (Lipinski definition) is 1. The van der Waals surface area contributed by atoms with Crippen molar-refractivity contribution in [2.24, 2.45) is 0 Å². The number of esters is 1. The van der Waals surface area contributed by atoms with E-state index in [0.717, 1.165) is 0 Å². The van der Waals surface area contributed by atoms with Crippen LogP contribution in [0.1, 0.15) is 10.4 Å². The molecule has 0 saturated carbocycles. The monoisotopic (exact) mass is 264 g/mol. The van der Waals surface area contributed by atoms with Crippen LogP contribution < -0.4 is 5.73 Å². The molecule has 1 fully saturated rings. The van der Waals surface area contributed by atoms with Crippen LogP contribution in [0.25, 0.3) is 0 Å². The molecule has 19 heavy (non-hydrogen) atoms. The lowest BCUT2D eigenvalue weighted by molar-refractivity contribution is -0.158. The van der Waals surface area contributed by atoms with Gasteiger partial charge in [0.05, 0.1) is 20.3 Å². The first kappa shape index (κ1) is 13.4. The molecule has 2 rings (SSSR count). The Bertz CT molecular complexity index is 472. The van der Waals surface area contributed by atoms with E-state index in [9.17, 15) is 9.59 Å². The molecule has 0 aliphatic carbocycles. The van der Waals surface area contributed by atoms with Crippen molar-refractivity contribution in [3.63, 3.8) is 0 Å². The third kappa shape index (κ3) is 3.03. The van der Waals surface area contributed by atoms with Gasteiger partial charge >= 0.3 is 5.97 Å². The summed E-state index contributed by atoms with van der Waals surface area (Å²) in [5.41, 5.74) is 6.72. The fraction of sp³-hybridized carbons (Fsp3) is 0.385. The van der Waals surface area contributed by atoms with Gasteiger partial charge in [0.1, 0.15) is 0 Å². The second-order valence-corrected chi connectivity index (χ2v) is 4.26. The van der Waals surface area contributed by atoms with Gasteiger partial charge in [0.15, 0.2) is 6.10 Å². The summed E-state index contributed by atoms with van der Waals surface area (Å²) in [6.45, 7) is 0.979. The Morgan fingerprint density at radius 1 is 1.37 bits per heavy atom. The molecular formula is C13H16N2O4. The number of nitrogen functional groups attached to an aromatic ring is 1. The quantitative estimate of drug-likeness (QED) is 0.613. The normalized spacial score (nSPS) is 19.0. The zero-order valence-corrected chi connectivity index (χ0v) is 10.7. The van der Waals surface area contributed by atoms with E-state index < -0.39 is 12.1 Å². The lowest BCUT2D eigenvalue weighted by Gasteiger charge is -2.31. The van der Waals surface area contributed by atoms with Gasteiger partial charge in [0.2, 0.25) is 0 Å². The summed E-state index contributed by atoms with van der Waals surface area (Å²) in [6.07, 6.45) is -0.712. The molecule has 1 heterocycles. The molecule has 1 atom stereocenters. The van der Waals surface area contributed by atoms with E-state index in [4.69, 9.17) is 10.5 Å². The van der Waals surface area contributed by atoms with Crippen LogP contribution in [0.5, 0.6) is 0 Å². The molecule has 1 unspecified atom stereocenters. The summed E-state index contributed by atoms with van der Waals surface area (Å²) in [4.78, 5) is 25.2. The molecule has 0 bridgehead atoms. The number of rotatable bonds is 2. The second kappa shape index (κ2) is 5.71. The molecule has 0 spiro atoms. The van der Waals surface area contributed by atoms with Crippen molar-refractivity contribution in [2.45, 2.75) is 6.10 Å². The van der Waals surface area contributed by atoms with E-state index in [2.05, 4.69) is 4.74 Å². The first-order valence-electron chi connectivity index (χ1n) is 5.96. The number of amides is 1. The van der Waals surface area contributed by atoms with Crippen LogP contribution in [0.15, 0.2) is 24.3 Å². The Kier molecular flexibility index (Phi) is 4.01. The Hall–Kier alpha value is -2.08. The van der Waals surface area contributed by atoms with E-state index in [1.807, 2.05) is 0 Å². The lowest BCUT2D eigenvalue weighted by Crippen LogP contribution is -2.48. The van der Waals surface area contributed by atoms with E-state index in [-0.39, 0.29) is 12.5 Å². The number of carbonyl (C=O) groups excluding carboxylic acids is 2. The number of nitrogens with zero attached hydrogens (tertiary/aromatic N) is 1. The summed E-state index contributed by atoms with van der Waals surface area (Å²) < 4.78 is 9.90. The minimum atomic E-state index is -0.712. The highest BCUT2D eigenvalue weighted by molar-refractivity contribution is 5.95. The standard InChI is InChI=1S/C13H16N2O4/c1-18-13(17)11-8-15(6-7-19-11)12(16)9-2-4-10(14)5-3-9/h2-5,11H,6-8,14H2,1H3. The number of anilines is 1. The lowest BCUT2D eigenvalue weighted by atomic mass is 10.1. The minimum Gasteiger partial charge on any atom is -0.467 e. The molecule has 2 N–H and O–H groups in total. The van der Waals surface area contributed by atoms with Crippen LogP contribution in [-0.2, 0) is 14.3 Å². The predicted octanol–water partition coefficient (Wildman–Crippen LogP) is 0.283. The van der Waals surface area contributed by atoms with Gasteiger partial charge in [-0.05, 0) is 24.3 Å². The maximum Gasteiger partial charge on any atom is 0.336 e. The first-order valence-corrected chi connectivity index (χ1v) is 5.96. The van der Waals surface area contributed by atoms with E-state index >= 15 is 0 Å². The fourth-order valence-electron chi connectivity index (χ4n) is 1.92. The molecule has 6 nitrogen and oxygen atoms in total. The van der Waals surface area contributed by atoms with Crippen LogP contribution in [0.3, 0.4) is 0 Å². The Morgan fingerprint density at radius 3 is 2.68 bits per heavy atom. The summed E-state index contributed by atoms with van der Waals surface area (Å²) in [7, 11) is 1.30. The SMILES string of the molecule is COC(=O)C1CN(C(=O)c2ccc(N)cc2)CCO1. The minimum absolute atomic E-state index is 0.141. The van der Waals surface area contributed by atoms with Gasteiger partial charge in [-0.25, -0.2) is 4.79 Å². The molecule has 1 amide bonds. The summed E-state index contributed by atoms with van der Waals surface area (Å²) in [6, 6.07) is 6.68. The van der Waals surface area contributed by atoms with Gasteiger partial charge in [-0.3, -0.25) is 4.79 Å². The zero-order valence-electron chi connectivity index (χ0n) is 10.7. The van der Waals surface area contributed by atoms with Gasteiger partial charge in [0.25, 0.3) is 5.91 Å². The van der Waals surface area contributed by atoms with Crippen molar-refractivity contribution in [3.05, 3.63) is 29.8 Å². The van der Waals surface area contributed by atoms with Crippen LogP contribution in [-0.4, -0.2) is 49.7 Å². The molecule has 102 valence electrons. The summed E-state index contributed by atoms with van der Waals surface area (Å²) in [5, 5.41) is 0. The van der Waals surface area contributed by atoms with E-state index in [1.165, 1.54) is 7.11 Å². The van der Waals surface area contributed by atoms with Crippen molar-refractivity contribution in [2.75, 3.05) is 32.5 Å². The third-order valence-electron chi connectivity index (χ3n) is 2.98. The van der Waals surface area contributed by atoms with Gasteiger partial charge in [-0.15, -0.1) is 0 Å². The zero-order chi connectivity index (χ0) is 13.8. The molecule has 1 aliphatic heterocycles. The Morgan fingerprint density at radius 2 is 2.05 bits per heavy atom. The molecule has 1 aromatic carbocycles. The summed E-state index contributed by atoms with van der Waals surface area (Å²) >= 11 is 0. The molecule has 1 aromatic rings. The van der Waals surface area contributed by atoms with Crippen LogP contribution >= 0.6 is 0 Å². The van der Waals surface area contributed by atoms with Crippen molar-refractivity contribution >= 4 is 17.6 Å². The summed E-state index contributed by atoms with van der Waals surface area (Å²) in [5.74, 6) is -0.605. The number of benzene rings is 1. The first-order chi connectivity index (χ1) is 9.11. The second-order valence-electron chi connectivity index (χ2n) is 4.26. The molecule has 0 aromatic heterocycles. The number of methoxy groups -OCH3 is 1. The number of carbonyl (C=O) groups is 2. The van der Waals surface area contributed by atoms with Crippen molar-refractivity contribution in [1.29, 1.82) is 0 Å². The fourth-order valence-corrected chi connectivity index (χ4v) is 1.92. The molecule has 6 heteroatoms. The average Bonchev–Trinajstić information content (AvgIpc) is 2.46. The van der Waals surface area contributed by atoms with E-state index in [1.54, 1.807) is 29.2 Å². The molecule has 1 saturated heterocycles. The van der Waals surface area contributed by atoms with E-state index in [0.29, 0.717) is 24.4 Å². The maximum atomic E-state index is 12.2. The van der Waals surface area contributed by atoms with Gasteiger partial charge < -0.3 is 20.1 Å². The highest BCUT2D eigenvalue weighted by atomic mass is 16.6. The Balaban J connectivity index is 2.06. The van der Waals surface area contributed by atoms with Crippen LogP contribution in [0, 0.1) is 0 Å². The van der Waals surface area contributed by atoms with Crippen molar-refractivity contribution < 1.29 is 19.1 Å². The number of hydrogen-bond acceptors (Lipinski definition) is 5. The predicted molar refractivity (Wildman–Crippen MR) is 68.5 cm³/mol.